The predicted octanol–water partition coefficient (Wildman–Crippen LogP) is 9.84. The third kappa shape index (κ3) is 4.11. The topological polar surface area (TPSA) is 4.93 Å². The van der Waals surface area contributed by atoms with Crippen LogP contribution in [-0.2, 0) is 17.3 Å². The first kappa shape index (κ1) is 30.7. The van der Waals surface area contributed by atoms with Crippen LogP contribution in [0.3, 0.4) is 0 Å². The third-order valence-corrected chi connectivity index (χ3v) is 13.0. The summed E-state index contributed by atoms with van der Waals surface area (Å²) in [4.78, 5) is 0. The first-order chi connectivity index (χ1) is 24.7. The average molecular weight is 658 g/mol. The van der Waals surface area contributed by atoms with Crippen molar-refractivity contribution in [2.24, 2.45) is 0 Å². The Bertz CT molecular complexity index is 2530. The van der Waals surface area contributed by atoms with Gasteiger partial charge in [-0.1, -0.05) is 167 Å². The van der Waals surface area contributed by atoms with Crippen LogP contribution in [0.25, 0.3) is 27.8 Å². The zero-order valence-corrected chi connectivity index (χ0v) is 30.6. The van der Waals surface area contributed by atoms with E-state index in [0.29, 0.717) is 5.92 Å². The lowest BCUT2D eigenvalue weighted by atomic mass is 9.30. The molecule has 0 spiro atoms. The molecule has 0 saturated heterocycles. The van der Waals surface area contributed by atoms with Gasteiger partial charge in [0.25, 0.3) is 0 Å². The Kier molecular flexibility index (Phi) is 6.46. The molecule has 3 heterocycles. The van der Waals surface area contributed by atoms with E-state index >= 15 is 0 Å². The van der Waals surface area contributed by atoms with Crippen LogP contribution in [-0.4, -0.2) is 11.3 Å². The fraction of sp³-hybridized carbons (Fsp3) is 0.224. The molecule has 0 radical (unpaired) electrons. The fourth-order valence-corrected chi connectivity index (χ4v) is 10.6. The molecule has 2 atom stereocenters. The standard InChI is InChI=1S/C49H44BN/c1-30-27-39-45-42(28-30)51-46-35-21-13-14-22-37(35)49(5,6)44(46)43-34(36(29-32-17-9-7-10-18-32)31(2)33-19-11-8-12-20-33)25-26-41(47(43)51)50(45)40-24-16-15-23-38(40)48(39,3)4/h7-28,31,36H,29H2,1-6H3/t31-,36+/m0/s1. The summed E-state index contributed by atoms with van der Waals surface area (Å²) in [5.41, 5.74) is 21.2. The van der Waals surface area contributed by atoms with Gasteiger partial charge in [-0.15, -0.1) is 0 Å². The molecule has 0 saturated carbocycles. The van der Waals surface area contributed by atoms with Crippen molar-refractivity contribution in [2.75, 3.05) is 0 Å². The summed E-state index contributed by atoms with van der Waals surface area (Å²) in [6, 6.07) is 51.0. The van der Waals surface area contributed by atoms with Crippen molar-refractivity contribution in [1.82, 2.24) is 4.57 Å². The van der Waals surface area contributed by atoms with Crippen molar-refractivity contribution >= 4 is 34.0 Å². The monoisotopic (exact) mass is 657 g/mol. The molecule has 6 aromatic carbocycles. The van der Waals surface area contributed by atoms with E-state index in [4.69, 9.17) is 0 Å². The molecule has 51 heavy (non-hydrogen) atoms. The molecule has 0 amide bonds. The maximum atomic E-state index is 2.73. The molecule has 7 aromatic rings. The van der Waals surface area contributed by atoms with Crippen LogP contribution < -0.4 is 16.4 Å². The van der Waals surface area contributed by atoms with E-state index in [1.165, 1.54) is 88.7 Å². The van der Waals surface area contributed by atoms with Gasteiger partial charge in [-0.25, -0.2) is 0 Å². The van der Waals surface area contributed by atoms with Crippen LogP contribution >= 0.6 is 0 Å². The lowest BCUT2D eigenvalue weighted by Crippen LogP contribution is -2.63. The zero-order chi connectivity index (χ0) is 34.8. The minimum absolute atomic E-state index is 0.0981. The molecular formula is C49H44BN. The van der Waals surface area contributed by atoms with Gasteiger partial charge < -0.3 is 4.57 Å². The van der Waals surface area contributed by atoms with E-state index < -0.39 is 0 Å². The number of hydrogen-bond acceptors (Lipinski definition) is 0. The van der Waals surface area contributed by atoms with Crippen molar-refractivity contribution in [3.8, 4) is 16.9 Å². The molecule has 0 bridgehead atoms. The number of aryl methyl sites for hydroxylation is 1. The zero-order valence-electron chi connectivity index (χ0n) is 30.6. The summed E-state index contributed by atoms with van der Waals surface area (Å²) >= 11 is 0. The van der Waals surface area contributed by atoms with Gasteiger partial charge in [0.2, 0.25) is 6.71 Å². The summed E-state index contributed by atoms with van der Waals surface area (Å²) in [6.07, 6.45) is 0.985. The van der Waals surface area contributed by atoms with E-state index in [-0.39, 0.29) is 23.5 Å². The molecule has 10 rings (SSSR count). The van der Waals surface area contributed by atoms with Gasteiger partial charge in [-0.2, -0.15) is 0 Å². The van der Waals surface area contributed by atoms with Crippen LogP contribution in [0.1, 0.15) is 91.0 Å². The van der Waals surface area contributed by atoms with Gasteiger partial charge in [-0.3, -0.25) is 0 Å². The van der Waals surface area contributed by atoms with E-state index in [9.17, 15) is 0 Å². The molecule has 0 fully saturated rings. The second-order valence-electron chi connectivity index (χ2n) is 16.6. The molecule has 0 N–H and O–H groups in total. The summed E-state index contributed by atoms with van der Waals surface area (Å²) < 4.78 is 2.73. The van der Waals surface area contributed by atoms with Crippen LogP contribution in [0.5, 0.6) is 0 Å². The molecule has 1 aliphatic carbocycles. The Morgan fingerprint density at radius 3 is 2.08 bits per heavy atom. The van der Waals surface area contributed by atoms with E-state index in [1.54, 1.807) is 0 Å². The molecule has 3 aliphatic rings. The second-order valence-corrected chi connectivity index (χ2v) is 16.6. The van der Waals surface area contributed by atoms with Crippen molar-refractivity contribution in [2.45, 2.75) is 70.6 Å². The van der Waals surface area contributed by atoms with Gasteiger partial charge in [0, 0.05) is 33.0 Å². The van der Waals surface area contributed by atoms with Crippen molar-refractivity contribution < 1.29 is 0 Å². The number of aromatic nitrogens is 1. The first-order valence-electron chi connectivity index (χ1n) is 18.8. The van der Waals surface area contributed by atoms with Crippen molar-refractivity contribution in [3.63, 3.8) is 0 Å². The maximum Gasteiger partial charge on any atom is 0.247 e. The third-order valence-electron chi connectivity index (χ3n) is 13.0. The van der Waals surface area contributed by atoms with Crippen LogP contribution in [0.2, 0.25) is 0 Å². The van der Waals surface area contributed by atoms with Gasteiger partial charge in [0.15, 0.2) is 0 Å². The summed E-state index contributed by atoms with van der Waals surface area (Å²) in [5.74, 6) is 0.613. The summed E-state index contributed by atoms with van der Waals surface area (Å²) in [5, 5.41) is 1.48. The molecule has 0 unspecified atom stereocenters. The fourth-order valence-electron chi connectivity index (χ4n) is 10.6. The van der Waals surface area contributed by atoms with Crippen LogP contribution in [0, 0.1) is 6.92 Å². The van der Waals surface area contributed by atoms with Gasteiger partial charge in [0.1, 0.15) is 0 Å². The Hall–Kier alpha value is -5.08. The van der Waals surface area contributed by atoms with E-state index in [2.05, 4.69) is 180 Å². The maximum absolute atomic E-state index is 2.73. The number of benzene rings is 6. The quantitative estimate of drug-likeness (QED) is 0.163. The predicted molar refractivity (Wildman–Crippen MR) is 217 cm³/mol. The highest BCUT2D eigenvalue weighted by atomic mass is 15.0. The van der Waals surface area contributed by atoms with Gasteiger partial charge in [0.05, 0.1) is 5.69 Å². The van der Waals surface area contributed by atoms with E-state index in [0.717, 1.165) is 6.42 Å². The molecule has 1 nitrogen and oxygen atoms in total. The lowest BCUT2D eigenvalue weighted by molar-refractivity contribution is 0.574. The minimum atomic E-state index is -0.153. The largest absolute Gasteiger partial charge is 0.310 e. The molecule has 248 valence electrons. The highest BCUT2D eigenvalue weighted by Gasteiger charge is 2.49. The van der Waals surface area contributed by atoms with E-state index in [1.807, 2.05) is 0 Å². The first-order valence-corrected chi connectivity index (χ1v) is 18.8. The molecule has 2 heteroatoms. The van der Waals surface area contributed by atoms with Crippen LogP contribution in [0.4, 0.5) is 0 Å². The lowest BCUT2D eigenvalue weighted by Gasteiger charge is -2.42. The highest BCUT2D eigenvalue weighted by Crippen LogP contribution is 2.56. The number of hydrogen-bond donors (Lipinski definition) is 0. The van der Waals surface area contributed by atoms with Crippen LogP contribution in [0.15, 0.2) is 133 Å². The summed E-state index contributed by atoms with van der Waals surface area (Å²) in [7, 11) is 0. The Labute approximate surface area is 303 Å². The summed E-state index contributed by atoms with van der Waals surface area (Å²) in [6.45, 7) is 14.8. The number of fused-ring (bicyclic) bond motifs is 9. The minimum Gasteiger partial charge on any atom is -0.310 e. The molecule has 2 aliphatic heterocycles. The Morgan fingerprint density at radius 1 is 0.647 bits per heavy atom. The average Bonchev–Trinajstić information content (AvgIpc) is 3.63. The molecule has 1 aromatic heterocycles. The second kappa shape index (κ2) is 10.7. The number of nitrogens with zero attached hydrogens (tertiary/aromatic N) is 1. The van der Waals surface area contributed by atoms with Gasteiger partial charge in [-0.05, 0) is 86.7 Å². The van der Waals surface area contributed by atoms with Gasteiger partial charge >= 0.3 is 0 Å². The van der Waals surface area contributed by atoms with Crippen molar-refractivity contribution in [1.29, 1.82) is 0 Å². The molecular weight excluding hydrogens is 613 g/mol. The SMILES string of the molecule is Cc1cc2c3c(c1)C(C)(C)c1ccccc1B3c1ccc([C@H](Cc3ccccc3)[C@@H](C)c3ccccc3)c3c4c(n-2c13)-c1ccccc1C4(C)C. The number of rotatable bonds is 5. The highest BCUT2D eigenvalue weighted by molar-refractivity contribution is 6.99. The Balaban J connectivity index is 1.37. The van der Waals surface area contributed by atoms with Crippen molar-refractivity contribution in [3.05, 3.63) is 178 Å². The smallest absolute Gasteiger partial charge is 0.247 e. The normalized spacial score (nSPS) is 16.6. The Morgan fingerprint density at radius 2 is 1.31 bits per heavy atom.